The van der Waals surface area contributed by atoms with Gasteiger partial charge in [0.1, 0.15) is 0 Å². The molecular formula is C26H32N2Si. The van der Waals surface area contributed by atoms with Crippen molar-refractivity contribution in [2.75, 3.05) is 0 Å². The molecule has 2 heterocycles. The van der Waals surface area contributed by atoms with Gasteiger partial charge in [0.2, 0.25) is 0 Å². The Hall–Kier alpha value is -2.39. The van der Waals surface area contributed by atoms with Crippen LogP contribution in [0.2, 0.25) is 19.6 Å². The molecule has 0 aliphatic rings. The first kappa shape index (κ1) is 19.9. The molecule has 0 aliphatic carbocycles. The standard InChI is InChI=1S/C26H32N2Si/c1-7-28-24-11-9-8-10-21(24)22-15-19(12-13-25(22)28)23-16-20(14-18(2)3)26(17-27-23)29(4,5)6/h8-13,15-18H,7,14H2,1-6H3. The lowest BCUT2D eigenvalue weighted by atomic mass is 10.0. The van der Waals surface area contributed by atoms with E-state index in [-0.39, 0.29) is 0 Å². The Kier molecular flexibility index (Phi) is 5.12. The molecule has 0 radical (unpaired) electrons. The second kappa shape index (κ2) is 7.45. The van der Waals surface area contributed by atoms with Crippen molar-refractivity contribution in [1.82, 2.24) is 9.55 Å². The molecule has 0 unspecified atom stereocenters. The monoisotopic (exact) mass is 400 g/mol. The molecule has 29 heavy (non-hydrogen) atoms. The summed E-state index contributed by atoms with van der Waals surface area (Å²) >= 11 is 0. The molecule has 0 saturated heterocycles. The van der Waals surface area contributed by atoms with E-state index in [1.165, 1.54) is 38.1 Å². The van der Waals surface area contributed by atoms with Crippen molar-refractivity contribution >= 4 is 35.1 Å². The minimum absolute atomic E-state index is 0.644. The lowest BCUT2D eigenvalue weighted by Gasteiger charge is -2.22. The number of pyridine rings is 1. The first-order chi connectivity index (χ1) is 13.8. The van der Waals surface area contributed by atoms with E-state index in [0.717, 1.165) is 18.7 Å². The first-order valence-corrected chi connectivity index (χ1v) is 14.3. The highest BCUT2D eigenvalue weighted by atomic mass is 28.3. The topological polar surface area (TPSA) is 17.8 Å². The SMILES string of the molecule is CCn1c2ccccc2c2cc(-c3cc(CC(C)C)c([Si](C)(C)C)cn3)ccc21. The van der Waals surface area contributed by atoms with Gasteiger partial charge in [-0.25, -0.2) is 0 Å². The van der Waals surface area contributed by atoms with Gasteiger partial charge in [-0.15, -0.1) is 0 Å². The summed E-state index contributed by atoms with van der Waals surface area (Å²) in [6.07, 6.45) is 3.28. The van der Waals surface area contributed by atoms with Gasteiger partial charge in [0.15, 0.2) is 0 Å². The van der Waals surface area contributed by atoms with Gasteiger partial charge in [-0.2, -0.15) is 0 Å². The van der Waals surface area contributed by atoms with Gasteiger partial charge in [-0.3, -0.25) is 4.98 Å². The quantitative estimate of drug-likeness (QED) is 0.344. The highest BCUT2D eigenvalue weighted by molar-refractivity contribution is 6.89. The molecule has 0 bridgehead atoms. The normalized spacial score (nSPS) is 12.4. The summed E-state index contributed by atoms with van der Waals surface area (Å²) in [7, 11) is -1.42. The number of nitrogens with zero attached hydrogens (tertiary/aromatic N) is 2. The van der Waals surface area contributed by atoms with Gasteiger partial charge in [-0.05, 0) is 54.3 Å². The van der Waals surface area contributed by atoms with Crippen LogP contribution in [0, 0.1) is 5.92 Å². The van der Waals surface area contributed by atoms with Gasteiger partial charge in [0, 0.05) is 40.1 Å². The number of hydrogen-bond acceptors (Lipinski definition) is 1. The van der Waals surface area contributed by atoms with Gasteiger partial charge in [0.05, 0.1) is 13.8 Å². The van der Waals surface area contributed by atoms with Crippen molar-refractivity contribution in [3.63, 3.8) is 0 Å². The molecule has 0 saturated carbocycles. The number of benzene rings is 2. The van der Waals surface area contributed by atoms with Crippen LogP contribution in [0.3, 0.4) is 0 Å². The summed E-state index contributed by atoms with van der Waals surface area (Å²) in [4.78, 5) is 4.93. The van der Waals surface area contributed by atoms with Crippen LogP contribution in [-0.2, 0) is 13.0 Å². The maximum absolute atomic E-state index is 4.93. The second-order valence-corrected chi connectivity index (χ2v) is 14.6. The molecule has 2 aromatic carbocycles. The molecule has 4 rings (SSSR count). The highest BCUT2D eigenvalue weighted by Crippen LogP contribution is 2.32. The maximum atomic E-state index is 4.93. The van der Waals surface area contributed by atoms with Gasteiger partial charge in [-0.1, -0.05) is 57.8 Å². The molecule has 0 atom stereocenters. The van der Waals surface area contributed by atoms with E-state index in [0.29, 0.717) is 5.92 Å². The Morgan fingerprint density at radius 2 is 1.66 bits per heavy atom. The van der Waals surface area contributed by atoms with Crippen LogP contribution in [0.25, 0.3) is 33.1 Å². The van der Waals surface area contributed by atoms with E-state index >= 15 is 0 Å². The predicted octanol–water partition coefficient (Wildman–Crippen LogP) is 6.62. The zero-order valence-electron chi connectivity index (χ0n) is 18.6. The van der Waals surface area contributed by atoms with Crippen molar-refractivity contribution in [2.45, 2.75) is 53.4 Å². The molecule has 4 aromatic rings. The molecule has 3 heteroatoms. The average Bonchev–Trinajstić information content (AvgIpc) is 2.99. The summed E-state index contributed by atoms with van der Waals surface area (Å²) in [5.74, 6) is 0.644. The highest BCUT2D eigenvalue weighted by Gasteiger charge is 2.22. The lowest BCUT2D eigenvalue weighted by Crippen LogP contribution is -2.40. The Balaban J connectivity index is 1.89. The molecule has 2 nitrogen and oxygen atoms in total. The minimum atomic E-state index is -1.42. The molecule has 2 aromatic heterocycles. The van der Waals surface area contributed by atoms with Crippen molar-refractivity contribution in [3.8, 4) is 11.3 Å². The molecule has 0 fully saturated rings. The third-order valence-electron chi connectivity index (χ3n) is 5.81. The van der Waals surface area contributed by atoms with E-state index in [1.54, 1.807) is 0 Å². The molecule has 0 amide bonds. The van der Waals surface area contributed by atoms with Crippen LogP contribution in [0.5, 0.6) is 0 Å². The molecule has 150 valence electrons. The third kappa shape index (κ3) is 3.64. The van der Waals surface area contributed by atoms with Crippen molar-refractivity contribution in [1.29, 1.82) is 0 Å². The molecule has 0 N–H and O–H groups in total. The summed E-state index contributed by atoms with van der Waals surface area (Å²) in [6, 6.07) is 17.9. The Labute approximate surface area is 175 Å². The Morgan fingerprint density at radius 1 is 0.931 bits per heavy atom. The fourth-order valence-electron chi connectivity index (χ4n) is 4.49. The Morgan fingerprint density at radius 3 is 2.34 bits per heavy atom. The van der Waals surface area contributed by atoms with Gasteiger partial charge < -0.3 is 4.57 Å². The number of hydrogen-bond donors (Lipinski definition) is 0. The van der Waals surface area contributed by atoms with Crippen LogP contribution < -0.4 is 5.19 Å². The second-order valence-electron chi connectivity index (χ2n) is 9.57. The maximum Gasteiger partial charge on any atom is 0.0799 e. The van der Waals surface area contributed by atoms with E-state index in [1.807, 2.05) is 0 Å². The summed E-state index contributed by atoms with van der Waals surface area (Å²) in [6.45, 7) is 15.1. The largest absolute Gasteiger partial charge is 0.341 e. The van der Waals surface area contributed by atoms with Crippen LogP contribution in [0.15, 0.2) is 54.7 Å². The summed E-state index contributed by atoms with van der Waals surface area (Å²) < 4.78 is 2.40. The zero-order chi connectivity index (χ0) is 20.8. The summed E-state index contributed by atoms with van der Waals surface area (Å²) in [5.41, 5.74) is 6.41. The first-order valence-electron chi connectivity index (χ1n) is 10.8. The average molecular weight is 401 g/mol. The molecule has 0 aliphatic heterocycles. The number of para-hydroxylation sites is 1. The van der Waals surface area contributed by atoms with Crippen LogP contribution in [0.1, 0.15) is 26.3 Å². The molecular weight excluding hydrogens is 368 g/mol. The third-order valence-corrected chi connectivity index (χ3v) is 7.88. The summed E-state index contributed by atoms with van der Waals surface area (Å²) in [5, 5.41) is 4.15. The smallest absolute Gasteiger partial charge is 0.0799 e. The van der Waals surface area contributed by atoms with Crippen LogP contribution >= 0.6 is 0 Å². The fraction of sp³-hybridized carbons (Fsp3) is 0.346. The van der Waals surface area contributed by atoms with E-state index in [2.05, 4.69) is 99.7 Å². The van der Waals surface area contributed by atoms with Gasteiger partial charge in [0.25, 0.3) is 0 Å². The van der Waals surface area contributed by atoms with E-state index in [9.17, 15) is 0 Å². The van der Waals surface area contributed by atoms with Crippen LogP contribution in [-0.4, -0.2) is 17.6 Å². The van der Waals surface area contributed by atoms with Crippen molar-refractivity contribution in [2.24, 2.45) is 5.92 Å². The van der Waals surface area contributed by atoms with Gasteiger partial charge >= 0.3 is 0 Å². The number of fused-ring (bicyclic) bond motifs is 3. The predicted molar refractivity (Wildman–Crippen MR) is 130 cm³/mol. The van der Waals surface area contributed by atoms with E-state index in [4.69, 9.17) is 4.98 Å². The van der Waals surface area contributed by atoms with Crippen LogP contribution in [0.4, 0.5) is 0 Å². The van der Waals surface area contributed by atoms with Crippen molar-refractivity contribution < 1.29 is 0 Å². The minimum Gasteiger partial charge on any atom is -0.341 e. The number of aryl methyl sites for hydroxylation is 1. The fourth-order valence-corrected chi connectivity index (χ4v) is 6.08. The number of aromatic nitrogens is 2. The van der Waals surface area contributed by atoms with Crippen molar-refractivity contribution in [3.05, 3.63) is 60.3 Å². The molecule has 0 spiro atoms. The zero-order valence-corrected chi connectivity index (χ0v) is 19.6. The lowest BCUT2D eigenvalue weighted by molar-refractivity contribution is 0.649. The Bertz CT molecular complexity index is 1180. The number of rotatable bonds is 5. The van der Waals surface area contributed by atoms with E-state index < -0.39 is 8.07 Å².